The fourth-order valence-corrected chi connectivity index (χ4v) is 1.46. The van der Waals surface area contributed by atoms with E-state index in [-0.39, 0.29) is 24.4 Å². The molecule has 0 atom stereocenters. The Hall–Kier alpha value is -1.62. The summed E-state index contributed by atoms with van der Waals surface area (Å²) in [6.45, 7) is 5.29. The summed E-state index contributed by atoms with van der Waals surface area (Å²) < 4.78 is 18.2. The molecule has 0 bridgehead atoms. The lowest BCUT2D eigenvalue weighted by Crippen LogP contribution is -2.31. The third-order valence-corrected chi connectivity index (χ3v) is 2.37. The minimum absolute atomic E-state index is 0.117. The molecule has 1 aromatic rings. The molecule has 0 spiro atoms. The van der Waals surface area contributed by atoms with E-state index in [0.29, 0.717) is 18.8 Å². The molecule has 0 fully saturated rings. The van der Waals surface area contributed by atoms with E-state index in [1.807, 2.05) is 13.8 Å². The van der Waals surface area contributed by atoms with Gasteiger partial charge in [-0.1, -0.05) is 6.07 Å². The number of halogens is 1. The van der Waals surface area contributed by atoms with Gasteiger partial charge >= 0.3 is 0 Å². The Labute approximate surface area is 113 Å². The van der Waals surface area contributed by atoms with Crippen LogP contribution in [-0.4, -0.2) is 31.7 Å². The number of benzene rings is 1. The predicted molar refractivity (Wildman–Crippen MR) is 73.6 cm³/mol. The van der Waals surface area contributed by atoms with Crippen molar-refractivity contribution in [3.63, 3.8) is 0 Å². The van der Waals surface area contributed by atoms with Crippen molar-refractivity contribution in [3.05, 3.63) is 30.1 Å². The number of amides is 1. The van der Waals surface area contributed by atoms with Gasteiger partial charge in [0.15, 0.2) is 0 Å². The highest BCUT2D eigenvalue weighted by atomic mass is 19.1. The lowest BCUT2D eigenvalue weighted by molar-refractivity contribution is -0.119. The van der Waals surface area contributed by atoms with Crippen molar-refractivity contribution in [2.75, 3.05) is 25.0 Å². The van der Waals surface area contributed by atoms with Crippen LogP contribution < -0.4 is 10.6 Å². The average molecular weight is 268 g/mol. The van der Waals surface area contributed by atoms with Crippen LogP contribution in [0.5, 0.6) is 0 Å². The lowest BCUT2D eigenvalue weighted by Gasteiger charge is -2.09. The van der Waals surface area contributed by atoms with E-state index < -0.39 is 0 Å². The molecular weight excluding hydrogens is 247 g/mol. The van der Waals surface area contributed by atoms with Crippen LogP contribution in [0.3, 0.4) is 0 Å². The van der Waals surface area contributed by atoms with Gasteiger partial charge in [0.1, 0.15) is 5.82 Å². The molecule has 5 heteroatoms. The SMILES string of the molecule is CC(C)OCCCNC(=O)CNc1cccc(F)c1. The molecule has 4 nitrogen and oxygen atoms in total. The molecule has 0 aliphatic rings. The molecule has 0 unspecified atom stereocenters. The van der Waals surface area contributed by atoms with Crippen molar-refractivity contribution in [1.82, 2.24) is 5.32 Å². The van der Waals surface area contributed by atoms with E-state index in [9.17, 15) is 9.18 Å². The monoisotopic (exact) mass is 268 g/mol. The molecular formula is C14H21FN2O2. The maximum absolute atomic E-state index is 12.9. The summed E-state index contributed by atoms with van der Waals surface area (Å²) in [7, 11) is 0. The van der Waals surface area contributed by atoms with Crippen LogP contribution in [0, 0.1) is 5.82 Å². The molecule has 0 saturated carbocycles. The average Bonchev–Trinajstić information content (AvgIpc) is 2.35. The number of carbonyl (C=O) groups excluding carboxylic acids is 1. The number of hydrogen-bond acceptors (Lipinski definition) is 3. The first kappa shape index (κ1) is 15.4. The van der Waals surface area contributed by atoms with Crippen LogP contribution >= 0.6 is 0 Å². The molecule has 1 aromatic carbocycles. The summed E-state index contributed by atoms with van der Waals surface area (Å²) in [6, 6.07) is 6.02. The quantitative estimate of drug-likeness (QED) is 0.710. The Kier molecular flexibility index (Phi) is 6.89. The van der Waals surface area contributed by atoms with Crippen molar-refractivity contribution < 1.29 is 13.9 Å². The number of nitrogens with one attached hydrogen (secondary N) is 2. The van der Waals surface area contributed by atoms with Crippen LogP contribution in [0.1, 0.15) is 20.3 Å². The van der Waals surface area contributed by atoms with Crippen LogP contribution in [0.4, 0.5) is 10.1 Å². The van der Waals surface area contributed by atoms with Crippen LogP contribution in [0.25, 0.3) is 0 Å². The fourth-order valence-electron chi connectivity index (χ4n) is 1.46. The minimum atomic E-state index is -0.323. The zero-order valence-electron chi connectivity index (χ0n) is 11.4. The molecule has 1 rings (SSSR count). The number of hydrogen-bond donors (Lipinski definition) is 2. The second-order valence-electron chi connectivity index (χ2n) is 4.49. The zero-order chi connectivity index (χ0) is 14.1. The second kappa shape index (κ2) is 8.48. The molecule has 0 aliphatic heterocycles. The first-order valence-corrected chi connectivity index (χ1v) is 6.45. The van der Waals surface area contributed by atoms with Gasteiger partial charge in [0, 0.05) is 18.8 Å². The first-order chi connectivity index (χ1) is 9.08. The van der Waals surface area contributed by atoms with Crippen molar-refractivity contribution in [2.24, 2.45) is 0 Å². The third-order valence-electron chi connectivity index (χ3n) is 2.37. The Morgan fingerprint density at radius 1 is 1.42 bits per heavy atom. The predicted octanol–water partition coefficient (Wildman–Crippen LogP) is 2.17. The van der Waals surface area contributed by atoms with Gasteiger partial charge in [-0.2, -0.15) is 0 Å². The smallest absolute Gasteiger partial charge is 0.239 e. The van der Waals surface area contributed by atoms with Crippen molar-refractivity contribution in [3.8, 4) is 0 Å². The van der Waals surface area contributed by atoms with Crippen molar-refractivity contribution in [2.45, 2.75) is 26.4 Å². The molecule has 0 radical (unpaired) electrons. The number of rotatable bonds is 8. The number of ether oxygens (including phenoxy) is 1. The van der Waals surface area contributed by atoms with Crippen molar-refractivity contribution in [1.29, 1.82) is 0 Å². The zero-order valence-corrected chi connectivity index (χ0v) is 11.4. The highest BCUT2D eigenvalue weighted by Gasteiger charge is 2.01. The fraction of sp³-hybridized carbons (Fsp3) is 0.500. The summed E-state index contributed by atoms with van der Waals surface area (Å²) in [5, 5.41) is 5.63. The number of carbonyl (C=O) groups is 1. The summed E-state index contributed by atoms with van der Waals surface area (Å²) >= 11 is 0. The van der Waals surface area contributed by atoms with E-state index in [2.05, 4.69) is 10.6 Å². The van der Waals surface area contributed by atoms with E-state index >= 15 is 0 Å². The molecule has 2 N–H and O–H groups in total. The van der Waals surface area contributed by atoms with Crippen molar-refractivity contribution >= 4 is 11.6 Å². The van der Waals surface area contributed by atoms with Crippen LogP contribution in [0.15, 0.2) is 24.3 Å². The summed E-state index contributed by atoms with van der Waals surface area (Å²) in [5.41, 5.74) is 0.596. The normalized spacial score (nSPS) is 10.5. The highest BCUT2D eigenvalue weighted by Crippen LogP contribution is 2.08. The second-order valence-corrected chi connectivity index (χ2v) is 4.49. The molecule has 0 aliphatic carbocycles. The maximum Gasteiger partial charge on any atom is 0.239 e. The Balaban J connectivity index is 2.11. The van der Waals surface area contributed by atoms with Gasteiger partial charge in [-0.25, -0.2) is 4.39 Å². The highest BCUT2D eigenvalue weighted by molar-refractivity contribution is 5.80. The first-order valence-electron chi connectivity index (χ1n) is 6.45. The van der Waals surface area contributed by atoms with E-state index in [1.165, 1.54) is 12.1 Å². The molecule has 1 amide bonds. The Morgan fingerprint density at radius 3 is 2.89 bits per heavy atom. The summed E-state index contributed by atoms with van der Waals surface area (Å²) in [5.74, 6) is -0.440. The largest absolute Gasteiger partial charge is 0.379 e. The Bertz CT molecular complexity index is 397. The van der Waals surface area contributed by atoms with Gasteiger partial charge < -0.3 is 15.4 Å². The van der Waals surface area contributed by atoms with Gasteiger partial charge in [0.05, 0.1) is 12.6 Å². The molecule has 0 aromatic heterocycles. The summed E-state index contributed by atoms with van der Waals surface area (Å²) in [6.07, 6.45) is 0.995. The number of anilines is 1. The van der Waals surface area contributed by atoms with Gasteiger partial charge in [-0.3, -0.25) is 4.79 Å². The molecule has 0 heterocycles. The maximum atomic E-state index is 12.9. The standard InChI is InChI=1S/C14H21FN2O2/c1-11(2)19-8-4-7-16-14(18)10-17-13-6-3-5-12(15)9-13/h3,5-6,9,11,17H,4,7-8,10H2,1-2H3,(H,16,18). The van der Waals surface area contributed by atoms with Crippen LogP contribution in [0.2, 0.25) is 0 Å². The topological polar surface area (TPSA) is 50.4 Å². The molecule has 19 heavy (non-hydrogen) atoms. The van der Waals surface area contributed by atoms with Gasteiger partial charge in [0.25, 0.3) is 0 Å². The van der Waals surface area contributed by atoms with Crippen LogP contribution in [-0.2, 0) is 9.53 Å². The molecule has 106 valence electrons. The van der Waals surface area contributed by atoms with E-state index in [0.717, 1.165) is 6.42 Å². The van der Waals surface area contributed by atoms with E-state index in [1.54, 1.807) is 12.1 Å². The van der Waals surface area contributed by atoms with Gasteiger partial charge in [-0.05, 0) is 38.5 Å². The lowest BCUT2D eigenvalue weighted by atomic mass is 10.3. The van der Waals surface area contributed by atoms with Gasteiger partial charge in [-0.15, -0.1) is 0 Å². The summed E-state index contributed by atoms with van der Waals surface area (Å²) in [4.78, 5) is 11.5. The van der Waals surface area contributed by atoms with Gasteiger partial charge in [0.2, 0.25) is 5.91 Å². The van der Waals surface area contributed by atoms with E-state index in [4.69, 9.17) is 4.74 Å². The Morgan fingerprint density at radius 2 is 2.21 bits per heavy atom. The minimum Gasteiger partial charge on any atom is -0.379 e. The third kappa shape index (κ3) is 7.41. The molecule has 0 saturated heterocycles.